The lowest BCUT2D eigenvalue weighted by Crippen LogP contribution is -2.53. The number of aromatic hydroxyl groups is 1. The Morgan fingerprint density at radius 2 is 1.79 bits per heavy atom. The van der Waals surface area contributed by atoms with Gasteiger partial charge in [-0.2, -0.15) is 11.8 Å². The lowest BCUT2D eigenvalue weighted by atomic mass is 10.0. The Morgan fingerprint density at radius 1 is 1.13 bits per heavy atom. The van der Waals surface area contributed by atoms with Crippen LogP contribution in [0.2, 0.25) is 5.02 Å². The van der Waals surface area contributed by atoms with E-state index in [1.165, 1.54) is 40.9 Å². The van der Waals surface area contributed by atoms with Crippen LogP contribution < -0.4 is 10.6 Å². The van der Waals surface area contributed by atoms with Crippen molar-refractivity contribution in [1.82, 2.24) is 10.2 Å². The monoisotopic (exact) mass is 565 g/mol. The van der Waals surface area contributed by atoms with Crippen molar-refractivity contribution in [2.75, 3.05) is 30.5 Å². The number of phenols is 1. The van der Waals surface area contributed by atoms with E-state index in [0.717, 1.165) is 5.56 Å². The molecule has 0 heterocycles. The minimum Gasteiger partial charge on any atom is -0.508 e. The van der Waals surface area contributed by atoms with Crippen molar-refractivity contribution in [2.24, 2.45) is 0 Å². The number of ether oxygens (including phenoxy) is 1. The van der Waals surface area contributed by atoms with Gasteiger partial charge < -0.3 is 30.5 Å². The molecule has 2 aromatic rings. The summed E-state index contributed by atoms with van der Waals surface area (Å²) < 4.78 is 5.35. The van der Waals surface area contributed by atoms with Gasteiger partial charge in [0.05, 0.1) is 17.3 Å². The highest BCUT2D eigenvalue weighted by Crippen LogP contribution is 2.30. The molecule has 9 nitrogen and oxygen atoms in total. The lowest BCUT2D eigenvalue weighted by molar-refractivity contribution is -0.141. The first kappa shape index (κ1) is 31.3. The third kappa shape index (κ3) is 9.11. The third-order valence-electron chi connectivity index (χ3n) is 5.46. The van der Waals surface area contributed by atoms with Crippen molar-refractivity contribution in [3.8, 4) is 5.75 Å². The number of anilines is 1. The van der Waals surface area contributed by atoms with Crippen molar-refractivity contribution < 1.29 is 29.3 Å². The molecule has 0 aromatic heterocycles. The van der Waals surface area contributed by atoms with Gasteiger partial charge in [0.1, 0.15) is 23.4 Å². The highest BCUT2D eigenvalue weighted by atomic mass is 35.5. The van der Waals surface area contributed by atoms with Crippen molar-refractivity contribution in [2.45, 2.75) is 51.8 Å². The second-order valence-corrected chi connectivity index (χ2v) is 11.0. The van der Waals surface area contributed by atoms with Crippen LogP contribution in [0.15, 0.2) is 42.5 Å². The van der Waals surface area contributed by atoms with E-state index in [9.17, 15) is 24.6 Å². The highest BCUT2D eigenvalue weighted by Gasteiger charge is 2.36. The highest BCUT2D eigenvalue weighted by molar-refractivity contribution is 7.98. The third-order valence-corrected chi connectivity index (χ3v) is 6.42. The molecule has 38 heavy (non-hydrogen) atoms. The average Bonchev–Trinajstić information content (AvgIpc) is 2.83. The van der Waals surface area contributed by atoms with Crippen LogP contribution in [0, 0.1) is 6.92 Å². The first-order valence-electron chi connectivity index (χ1n) is 12.1. The Balaban J connectivity index is 2.51. The number of alkyl carbamates (subject to hydrolysis) is 1. The Kier molecular flexibility index (Phi) is 11.7. The summed E-state index contributed by atoms with van der Waals surface area (Å²) in [5, 5.41) is 25.5. The first-order chi connectivity index (χ1) is 17.9. The molecule has 0 aliphatic heterocycles. The molecule has 0 spiro atoms. The number of nitrogens with one attached hydrogen (secondary N) is 2. The quantitative estimate of drug-likeness (QED) is 0.316. The van der Waals surface area contributed by atoms with Gasteiger partial charge in [-0.25, -0.2) is 4.79 Å². The number of amides is 3. The predicted molar refractivity (Wildman–Crippen MR) is 151 cm³/mol. The number of rotatable bonds is 11. The van der Waals surface area contributed by atoms with Gasteiger partial charge in [0, 0.05) is 6.54 Å². The second-order valence-electron chi connectivity index (χ2n) is 9.65. The standard InChI is InChI=1S/C27H36ClN3O6S/c1-17-7-6-8-20(28)22(17)30-24(34)23(18-9-11-19(33)12-10-18)31(14-15-32)25(35)21(13-16-38-5)29-26(36)37-27(2,3)4/h6-12,21,23,32-33H,13-16H2,1-5H3,(H,29,36)(H,30,34). The summed E-state index contributed by atoms with van der Waals surface area (Å²) >= 11 is 7.83. The average molecular weight is 566 g/mol. The fraction of sp³-hybridized carbons (Fsp3) is 0.444. The maximum atomic E-state index is 13.9. The van der Waals surface area contributed by atoms with Crippen LogP contribution in [0.3, 0.4) is 0 Å². The van der Waals surface area contributed by atoms with Crippen LogP contribution >= 0.6 is 23.4 Å². The van der Waals surface area contributed by atoms with Crippen LogP contribution in [0.1, 0.15) is 44.4 Å². The number of carbonyl (C=O) groups excluding carboxylic acids is 3. The van der Waals surface area contributed by atoms with E-state index in [4.69, 9.17) is 16.3 Å². The van der Waals surface area contributed by atoms with E-state index < -0.39 is 42.2 Å². The van der Waals surface area contributed by atoms with Crippen LogP contribution in [-0.4, -0.2) is 69.8 Å². The van der Waals surface area contributed by atoms with Gasteiger partial charge in [-0.05, 0) is 75.5 Å². The Bertz CT molecular complexity index is 1090. The molecule has 208 valence electrons. The summed E-state index contributed by atoms with van der Waals surface area (Å²) in [6.07, 6.45) is 1.38. The van der Waals surface area contributed by atoms with Crippen molar-refractivity contribution in [3.05, 3.63) is 58.6 Å². The molecule has 0 aliphatic carbocycles. The summed E-state index contributed by atoms with van der Waals surface area (Å²) in [4.78, 5) is 41.4. The Morgan fingerprint density at radius 3 is 2.34 bits per heavy atom. The number of para-hydroxylation sites is 1. The summed E-state index contributed by atoms with van der Waals surface area (Å²) in [6, 6.07) is 8.82. The number of phenolic OH excluding ortho intramolecular Hbond substituents is 1. The number of aryl methyl sites for hydroxylation is 1. The predicted octanol–water partition coefficient (Wildman–Crippen LogP) is 4.50. The van der Waals surface area contributed by atoms with Crippen molar-refractivity contribution in [1.29, 1.82) is 0 Å². The van der Waals surface area contributed by atoms with E-state index in [2.05, 4.69) is 10.6 Å². The van der Waals surface area contributed by atoms with Gasteiger partial charge in [-0.3, -0.25) is 9.59 Å². The van der Waals surface area contributed by atoms with E-state index in [0.29, 0.717) is 22.0 Å². The Hall–Kier alpha value is -2.95. The van der Waals surface area contributed by atoms with Crippen LogP contribution in [0.5, 0.6) is 5.75 Å². The van der Waals surface area contributed by atoms with Gasteiger partial charge in [0.15, 0.2) is 0 Å². The van der Waals surface area contributed by atoms with E-state index in [1.54, 1.807) is 45.9 Å². The zero-order chi connectivity index (χ0) is 28.5. The molecule has 11 heteroatoms. The van der Waals surface area contributed by atoms with Gasteiger partial charge in [0.25, 0.3) is 5.91 Å². The molecule has 2 atom stereocenters. The van der Waals surface area contributed by atoms with Crippen LogP contribution in [0.4, 0.5) is 10.5 Å². The van der Waals surface area contributed by atoms with Crippen molar-refractivity contribution >= 4 is 47.0 Å². The molecule has 2 aromatic carbocycles. The summed E-state index contributed by atoms with van der Waals surface area (Å²) in [6.45, 7) is 6.31. The number of aliphatic hydroxyl groups is 1. The fourth-order valence-electron chi connectivity index (χ4n) is 3.73. The molecule has 0 radical (unpaired) electrons. The molecule has 0 fully saturated rings. The smallest absolute Gasteiger partial charge is 0.408 e. The molecule has 2 rings (SSSR count). The number of nitrogens with zero attached hydrogens (tertiary/aromatic N) is 1. The molecule has 0 aliphatic rings. The van der Waals surface area contributed by atoms with Gasteiger partial charge in [0.2, 0.25) is 5.91 Å². The number of hydrogen-bond acceptors (Lipinski definition) is 7. The largest absolute Gasteiger partial charge is 0.508 e. The molecular weight excluding hydrogens is 530 g/mol. The molecule has 4 N–H and O–H groups in total. The minimum atomic E-state index is -1.21. The van der Waals surface area contributed by atoms with E-state index >= 15 is 0 Å². The summed E-state index contributed by atoms with van der Waals surface area (Å²) in [7, 11) is 0. The zero-order valence-electron chi connectivity index (χ0n) is 22.3. The van der Waals surface area contributed by atoms with Crippen LogP contribution in [-0.2, 0) is 14.3 Å². The van der Waals surface area contributed by atoms with E-state index in [1.807, 2.05) is 6.26 Å². The Labute approximate surface area is 232 Å². The zero-order valence-corrected chi connectivity index (χ0v) is 23.9. The topological polar surface area (TPSA) is 128 Å². The van der Waals surface area contributed by atoms with E-state index in [-0.39, 0.29) is 18.7 Å². The fourth-order valence-corrected chi connectivity index (χ4v) is 4.47. The normalized spacial score (nSPS) is 12.8. The van der Waals surface area contributed by atoms with Gasteiger partial charge >= 0.3 is 6.09 Å². The number of thioether (sulfide) groups is 1. The maximum Gasteiger partial charge on any atom is 0.408 e. The number of benzene rings is 2. The molecule has 0 saturated carbocycles. The molecule has 0 bridgehead atoms. The second kappa shape index (κ2) is 14.3. The van der Waals surface area contributed by atoms with Gasteiger partial charge in [-0.1, -0.05) is 35.9 Å². The molecule has 0 saturated heterocycles. The number of hydrogen-bond donors (Lipinski definition) is 4. The molecule has 3 amide bonds. The maximum absolute atomic E-state index is 13.9. The SMILES string of the molecule is CSCCC(NC(=O)OC(C)(C)C)C(=O)N(CCO)C(C(=O)Nc1c(C)cccc1Cl)c1ccc(O)cc1. The summed E-state index contributed by atoms with van der Waals surface area (Å²) in [5.74, 6) is -0.606. The molecule has 2 unspecified atom stereocenters. The van der Waals surface area contributed by atoms with Crippen molar-refractivity contribution in [3.63, 3.8) is 0 Å². The number of aliphatic hydroxyl groups excluding tert-OH is 1. The van der Waals surface area contributed by atoms with Crippen LogP contribution in [0.25, 0.3) is 0 Å². The number of halogens is 1. The number of carbonyl (C=O) groups is 3. The first-order valence-corrected chi connectivity index (χ1v) is 13.9. The van der Waals surface area contributed by atoms with Gasteiger partial charge in [-0.15, -0.1) is 0 Å². The molecular formula is C27H36ClN3O6S. The lowest BCUT2D eigenvalue weighted by Gasteiger charge is -2.34. The summed E-state index contributed by atoms with van der Waals surface area (Å²) in [5.41, 5.74) is 0.737. The minimum absolute atomic E-state index is 0.0145.